The van der Waals surface area contributed by atoms with E-state index in [4.69, 9.17) is 16.2 Å². The quantitative estimate of drug-likeness (QED) is 0.576. The van der Waals surface area contributed by atoms with E-state index in [2.05, 4.69) is 0 Å². The van der Waals surface area contributed by atoms with Crippen LogP contribution in [0.5, 0.6) is 0 Å². The van der Waals surface area contributed by atoms with E-state index in [0.29, 0.717) is 11.3 Å². The second-order valence-electron chi connectivity index (χ2n) is 4.62. The van der Waals surface area contributed by atoms with Crippen molar-refractivity contribution < 1.29 is 14.7 Å². The molecule has 0 heterocycles. The Labute approximate surface area is 127 Å². The van der Waals surface area contributed by atoms with Gasteiger partial charge in [0.15, 0.2) is 0 Å². The maximum absolute atomic E-state index is 12.6. The number of carbonyl (C=O) groups excluding carboxylic acids is 1. The number of carbonyl (C=O) groups is 2. The molecule has 0 aliphatic heterocycles. The number of rotatable bonds is 5. The van der Waals surface area contributed by atoms with Gasteiger partial charge in [-0.1, -0.05) is 30.3 Å². The van der Waals surface area contributed by atoms with Crippen LogP contribution in [0.1, 0.15) is 15.9 Å². The summed E-state index contributed by atoms with van der Waals surface area (Å²) < 4.78 is 0. The van der Waals surface area contributed by atoms with Crippen molar-refractivity contribution in [3.63, 3.8) is 0 Å². The Morgan fingerprint density at radius 3 is 2.27 bits per heavy atom. The number of para-hydroxylation sites is 1. The summed E-state index contributed by atoms with van der Waals surface area (Å²) in [7, 11) is 0. The van der Waals surface area contributed by atoms with Gasteiger partial charge in [0, 0.05) is 16.8 Å². The highest BCUT2D eigenvalue weighted by Crippen LogP contribution is 2.17. The van der Waals surface area contributed by atoms with Gasteiger partial charge in [0.05, 0.1) is 0 Å². The van der Waals surface area contributed by atoms with E-state index in [9.17, 15) is 9.59 Å². The first kappa shape index (κ1) is 15.2. The molecule has 2 aromatic carbocycles. The summed E-state index contributed by atoms with van der Waals surface area (Å²) in [6, 6.07) is 14.8. The molecule has 2 aromatic rings. The Morgan fingerprint density at radius 2 is 1.68 bits per heavy atom. The number of hydrogen-bond donors (Lipinski definition) is 3. The predicted molar refractivity (Wildman–Crippen MR) is 83.2 cm³/mol. The highest BCUT2D eigenvalue weighted by atomic mass is 16.4. The number of aliphatic carboxylic acids is 1. The summed E-state index contributed by atoms with van der Waals surface area (Å²) in [5.41, 5.74) is 6.59. The summed E-state index contributed by atoms with van der Waals surface area (Å²) >= 11 is 0. The molecule has 22 heavy (non-hydrogen) atoms. The van der Waals surface area contributed by atoms with Gasteiger partial charge in [-0.3, -0.25) is 19.9 Å². The highest BCUT2D eigenvalue weighted by Gasteiger charge is 2.20. The van der Waals surface area contributed by atoms with Crippen molar-refractivity contribution in [3.05, 3.63) is 65.7 Å². The van der Waals surface area contributed by atoms with E-state index in [1.54, 1.807) is 48.5 Å². The maximum Gasteiger partial charge on any atom is 0.323 e. The molecule has 0 aromatic heterocycles. The summed E-state index contributed by atoms with van der Waals surface area (Å²) in [5.74, 6) is -1.73. The van der Waals surface area contributed by atoms with E-state index in [1.165, 1.54) is 11.0 Å². The fraction of sp³-hybridized carbons (Fsp3) is 0.0625. The molecule has 4 N–H and O–H groups in total. The number of benzene rings is 2. The number of nitrogens with zero attached hydrogens (tertiary/aromatic N) is 1. The zero-order valence-electron chi connectivity index (χ0n) is 11.7. The summed E-state index contributed by atoms with van der Waals surface area (Å²) in [5, 5.41) is 16.5. The topological polar surface area (TPSA) is 107 Å². The molecule has 0 saturated heterocycles. The summed E-state index contributed by atoms with van der Waals surface area (Å²) in [6.07, 6.45) is 0. The predicted octanol–water partition coefficient (Wildman–Crippen LogP) is 1.70. The van der Waals surface area contributed by atoms with Crippen LogP contribution in [-0.4, -0.2) is 29.4 Å². The second-order valence-corrected chi connectivity index (χ2v) is 4.62. The summed E-state index contributed by atoms with van der Waals surface area (Å²) in [4.78, 5) is 24.8. The SMILES string of the molecule is N=C(N)c1cccc(C(=O)N(CC(=O)O)c2ccccc2)c1. The fourth-order valence-corrected chi connectivity index (χ4v) is 2.00. The standard InChI is InChI=1S/C16H15N3O3/c17-15(18)11-5-4-6-12(9-11)16(22)19(10-14(20)21)13-7-2-1-3-8-13/h1-9H,10H2,(H3,17,18)(H,20,21). The molecular weight excluding hydrogens is 282 g/mol. The number of amides is 1. The molecular formula is C16H15N3O3. The lowest BCUT2D eigenvalue weighted by molar-refractivity contribution is -0.135. The van der Waals surface area contributed by atoms with Crippen LogP contribution in [-0.2, 0) is 4.79 Å². The molecule has 0 spiro atoms. The molecule has 0 unspecified atom stereocenters. The largest absolute Gasteiger partial charge is 0.480 e. The Morgan fingerprint density at radius 1 is 1.05 bits per heavy atom. The molecule has 6 nitrogen and oxygen atoms in total. The number of amidine groups is 1. The average molecular weight is 297 g/mol. The number of carboxylic acid groups (broad SMARTS) is 1. The number of carboxylic acids is 1. The third-order valence-electron chi connectivity index (χ3n) is 3.03. The van der Waals surface area contributed by atoms with Crippen LogP contribution in [0.3, 0.4) is 0 Å². The van der Waals surface area contributed by atoms with Crippen LogP contribution in [0.2, 0.25) is 0 Å². The Bertz CT molecular complexity index is 714. The van der Waals surface area contributed by atoms with Gasteiger partial charge in [-0.05, 0) is 24.3 Å². The lowest BCUT2D eigenvalue weighted by Crippen LogP contribution is -2.35. The molecule has 0 aliphatic rings. The monoisotopic (exact) mass is 297 g/mol. The first-order chi connectivity index (χ1) is 10.5. The van der Waals surface area contributed by atoms with Gasteiger partial charge in [-0.2, -0.15) is 0 Å². The van der Waals surface area contributed by atoms with Crippen LogP contribution < -0.4 is 10.6 Å². The molecule has 2 rings (SSSR count). The molecule has 0 aliphatic carbocycles. The van der Waals surface area contributed by atoms with Crippen LogP contribution in [0.15, 0.2) is 54.6 Å². The van der Waals surface area contributed by atoms with E-state index in [0.717, 1.165) is 0 Å². The van der Waals surface area contributed by atoms with Gasteiger partial charge in [0.25, 0.3) is 5.91 Å². The minimum absolute atomic E-state index is 0.154. The minimum Gasteiger partial charge on any atom is -0.480 e. The second kappa shape index (κ2) is 6.53. The first-order valence-electron chi connectivity index (χ1n) is 6.52. The normalized spacial score (nSPS) is 10.0. The summed E-state index contributed by atoms with van der Waals surface area (Å²) in [6.45, 7) is -0.451. The van der Waals surface area contributed by atoms with Crippen LogP contribution in [0.4, 0.5) is 5.69 Å². The Kier molecular flexibility index (Phi) is 4.53. The van der Waals surface area contributed by atoms with E-state index in [1.807, 2.05) is 0 Å². The van der Waals surface area contributed by atoms with Gasteiger partial charge < -0.3 is 10.8 Å². The van der Waals surface area contributed by atoms with Crippen LogP contribution in [0.25, 0.3) is 0 Å². The van der Waals surface area contributed by atoms with E-state index < -0.39 is 18.4 Å². The maximum atomic E-state index is 12.6. The van der Waals surface area contributed by atoms with Crippen molar-refractivity contribution in [3.8, 4) is 0 Å². The molecule has 6 heteroatoms. The molecule has 0 atom stereocenters. The van der Waals surface area contributed by atoms with Gasteiger partial charge >= 0.3 is 5.97 Å². The third kappa shape index (κ3) is 3.49. The van der Waals surface area contributed by atoms with Crippen molar-refractivity contribution in [2.24, 2.45) is 5.73 Å². The lowest BCUT2D eigenvalue weighted by atomic mass is 10.1. The number of anilines is 1. The Balaban J connectivity index is 2.39. The van der Waals surface area contributed by atoms with Crippen LogP contribution >= 0.6 is 0 Å². The molecule has 0 bridgehead atoms. The average Bonchev–Trinajstić information content (AvgIpc) is 2.52. The van der Waals surface area contributed by atoms with Crippen molar-refractivity contribution in [2.45, 2.75) is 0 Å². The van der Waals surface area contributed by atoms with Gasteiger partial charge in [0.1, 0.15) is 12.4 Å². The number of hydrogen-bond acceptors (Lipinski definition) is 3. The van der Waals surface area contributed by atoms with E-state index >= 15 is 0 Å². The number of nitrogen functional groups attached to an aromatic ring is 1. The number of nitrogens with one attached hydrogen (secondary N) is 1. The van der Waals surface area contributed by atoms with Gasteiger partial charge in [-0.15, -0.1) is 0 Å². The minimum atomic E-state index is -1.11. The molecule has 1 amide bonds. The fourth-order valence-electron chi connectivity index (χ4n) is 2.00. The van der Waals surface area contributed by atoms with Gasteiger partial charge in [-0.25, -0.2) is 0 Å². The lowest BCUT2D eigenvalue weighted by Gasteiger charge is -2.21. The van der Waals surface area contributed by atoms with Crippen LogP contribution in [0, 0.1) is 5.41 Å². The van der Waals surface area contributed by atoms with E-state index in [-0.39, 0.29) is 11.4 Å². The zero-order chi connectivity index (χ0) is 16.1. The van der Waals surface area contributed by atoms with Crippen molar-refractivity contribution in [2.75, 3.05) is 11.4 Å². The van der Waals surface area contributed by atoms with Gasteiger partial charge in [0.2, 0.25) is 0 Å². The zero-order valence-corrected chi connectivity index (χ0v) is 11.7. The molecule has 112 valence electrons. The molecule has 0 fully saturated rings. The van der Waals surface area contributed by atoms with Crippen molar-refractivity contribution in [1.29, 1.82) is 5.41 Å². The molecule has 0 radical (unpaired) electrons. The smallest absolute Gasteiger partial charge is 0.323 e. The number of nitrogens with two attached hydrogens (primary N) is 1. The van der Waals surface area contributed by atoms with Crippen molar-refractivity contribution in [1.82, 2.24) is 0 Å². The highest BCUT2D eigenvalue weighted by molar-refractivity contribution is 6.09. The molecule has 0 saturated carbocycles. The Hall–Kier alpha value is -3.15. The third-order valence-corrected chi connectivity index (χ3v) is 3.03. The first-order valence-corrected chi connectivity index (χ1v) is 6.52. The van der Waals surface area contributed by atoms with Crippen molar-refractivity contribution >= 4 is 23.4 Å².